The predicted octanol–water partition coefficient (Wildman–Crippen LogP) is 1.60. The second-order valence-corrected chi connectivity index (χ2v) is 7.28. The fourth-order valence-corrected chi connectivity index (χ4v) is 2.69. The van der Waals surface area contributed by atoms with Crippen LogP contribution in [0.2, 0.25) is 5.02 Å². The molecule has 1 aromatic rings. The van der Waals surface area contributed by atoms with Gasteiger partial charge in [0.15, 0.2) is 9.84 Å². The molecule has 0 amide bonds. The van der Waals surface area contributed by atoms with Crippen LogP contribution >= 0.6 is 11.6 Å². The maximum Gasteiger partial charge on any atom is 0.175 e. The lowest BCUT2D eigenvalue weighted by Gasteiger charge is -2.24. The van der Waals surface area contributed by atoms with Gasteiger partial charge >= 0.3 is 0 Å². The first kappa shape index (κ1) is 15.4. The molecule has 0 saturated heterocycles. The van der Waals surface area contributed by atoms with Crippen LogP contribution in [0.15, 0.2) is 23.1 Å². The highest BCUT2D eigenvalue weighted by Gasteiger charge is 2.20. The van der Waals surface area contributed by atoms with Crippen molar-refractivity contribution in [3.63, 3.8) is 0 Å². The van der Waals surface area contributed by atoms with Crippen LogP contribution in [0.3, 0.4) is 0 Å². The summed E-state index contributed by atoms with van der Waals surface area (Å²) in [5.74, 6) is 0. The highest BCUT2D eigenvalue weighted by atomic mass is 35.5. The molecule has 0 bridgehead atoms. The molecule has 0 unspecified atom stereocenters. The van der Waals surface area contributed by atoms with Gasteiger partial charge in [0.1, 0.15) is 0 Å². The Morgan fingerprint density at radius 1 is 1.39 bits per heavy atom. The molecule has 2 N–H and O–H groups in total. The van der Waals surface area contributed by atoms with Crippen LogP contribution < -0.4 is 5.32 Å². The maximum absolute atomic E-state index is 11.7. The molecule has 0 aliphatic carbocycles. The molecule has 0 aliphatic rings. The monoisotopic (exact) mass is 291 g/mol. The molecule has 0 atom stereocenters. The van der Waals surface area contributed by atoms with Crippen molar-refractivity contribution in [3.05, 3.63) is 28.8 Å². The number of benzene rings is 1. The summed E-state index contributed by atoms with van der Waals surface area (Å²) in [5, 5.41) is 12.6. The van der Waals surface area contributed by atoms with Crippen molar-refractivity contribution in [2.24, 2.45) is 0 Å². The molecule has 0 aromatic heterocycles. The number of hydrogen-bond donors (Lipinski definition) is 2. The highest BCUT2D eigenvalue weighted by Crippen LogP contribution is 2.24. The van der Waals surface area contributed by atoms with Crippen molar-refractivity contribution in [3.8, 4) is 0 Å². The Bertz CT molecular complexity index is 526. The number of halogens is 1. The van der Waals surface area contributed by atoms with Gasteiger partial charge in [0, 0.05) is 28.9 Å². The Balaban J connectivity index is 3.09. The number of aliphatic hydroxyl groups is 1. The van der Waals surface area contributed by atoms with Gasteiger partial charge in [-0.3, -0.25) is 0 Å². The van der Waals surface area contributed by atoms with E-state index in [1.54, 1.807) is 12.1 Å². The van der Waals surface area contributed by atoms with Crippen LogP contribution in [-0.4, -0.2) is 31.9 Å². The van der Waals surface area contributed by atoms with Gasteiger partial charge in [0.2, 0.25) is 0 Å². The zero-order valence-electron chi connectivity index (χ0n) is 10.7. The Morgan fingerprint density at radius 3 is 2.50 bits per heavy atom. The molecular weight excluding hydrogens is 274 g/mol. The topological polar surface area (TPSA) is 66.4 Å². The molecule has 0 spiro atoms. The van der Waals surface area contributed by atoms with Crippen LogP contribution in [-0.2, 0) is 16.4 Å². The molecule has 0 heterocycles. The van der Waals surface area contributed by atoms with E-state index in [1.807, 2.05) is 13.8 Å². The number of hydrogen-bond acceptors (Lipinski definition) is 4. The molecule has 0 fully saturated rings. The average Bonchev–Trinajstić information content (AvgIpc) is 2.26. The van der Waals surface area contributed by atoms with Crippen molar-refractivity contribution in [1.82, 2.24) is 5.32 Å². The Kier molecular flexibility index (Phi) is 4.78. The van der Waals surface area contributed by atoms with E-state index in [0.29, 0.717) is 10.6 Å². The van der Waals surface area contributed by atoms with Gasteiger partial charge in [0.25, 0.3) is 0 Å². The third-order valence-corrected chi connectivity index (χ3v) is 4.15. The van der Waals surface area contributed by atoms with Gasteiger partial charge in [-0.25, -0.2) is 8.42 Å². The maximum atomic E-state index is 11.7. The quantitative estimate of drug-likeness (QED) is 0.865. The summed E-state index contributed by atoms with van der Waals surface area (Å²) < 4.78 is 23.3. The summed E-state index contributed by atoms with van der Waals surface area (Å²) in [6.45, 7) is 3.88. The van der Waals surface area contributed by atoms with E-state index in [9.17, 15) is 8.42 Å². The van der Waals surface area contributed by atoms with Gasteiger partial charge in [0.05, 0.1) is 11.5 Å². The lowest BCUT2D eigenvalue weighted by molar-refractivity contribution is 0.187. The van der Waals surface area contributed by atoms with Crippen LogP contribution in [0.1, 0.15) is 19.4 Å². The van der Waals surface area contributed by atoms with Gasteiger partial charge in [-0.15, -0.1) is 0 Å². The minimum Gasteiger partial charge on any atom is -0.394 e. The van der Waals surface area contributed by atoms with Crippen molar-refractivity contribution < 1.29 is 13.5 Å². The largest absolute Gasteiger partial charge is 0.394 e. The van der Waals surface area contributed by atoms with Crippen LogP contribution in [0.25, 0.3) is 0 Å². The van der Waals surface area contributed by atoms with Gasteiger partial charge in [-0.05, 0) is 26.0 Å². The summed E-state index contributed by atoms with van der Waals surface area (Å²) in [6.07, 6.45) is 1.15. The van der Waals surface area contributed by atoms with E-state index < -0.39 is 15.4 Å². The predicted molar refractivity (Wildman–Crippen MR) is 72.6 cm³/mol. The SMILES string of the molecule is CC(C)(CO)NCc1c(Cl)cccc1S(C)(=O)=O. The normalized spacial score (nSPS) is 12.7. The van der Waals surface area contributed by atoms with Crippen molar-refractivity contribution in [2.45, 2.75) is 30.8 Å². The molecular formula is C12H18ClNO3S. The van der Waals surface area contributed by atoms with Crippen LogP contribution in [0, 0.1) is 0 Å². The molecule has 18 heavy (non-hydrogen) atoms. The minimum atomic E-state index is -3.32. The molecule has 6 heteroatoms. The second-order valence-electron chi connectivity index (χ2n) is 4.88. The fraction of sp³-hybridized carbons (Fsp3) is 0.500. The van der Waals surface area contributed by atoms with Gasteiger partial charge < -0.3 is 10.4 Å². The standard InChI is InChI=1S/C12H18ClNO3S/c1-12(2,8-15)14-7-9-10(13)5-4-6-11(9)18(3,16)17/h4-6,14-15H,7-8H2,1-3H3. The number of nitrogens with one attached hydrogen (secondary N) is 1. The molecule has 0 radical (unpaired) electrons. The van der Waals surface area contributed by atoms with Crippen molar-refractivity contribution in [1.29, 1.82) is 0 Å². The lowest BCUT2D eigenvalue weighted by atomic mass is 10.1. The van der Waals surface area contributed by atoms with E-state index >= 15 is 0 Å². The van der Waals surface area contributed by atoms with Crippen LogP contribution in [0.4, 0.5) is 0 Å². The number of rotatable bonds is 5. The third-order valence-electron chi connectivity index (χ3n) is 2.61. The summed E-state index contributed by atoms with van der Waals surface area (Å²) in [5.41, 5.74) is 0.0386. The van der Waals surface area contributed by atoms with Gasteiger partial charge in [-0.2, -0.15) is 0 Å². The van der Waals surface area contributed by atoms with Crippen LogP contribution in [0.5, 0.6) is 0 Å². The van der Waals surface area contributed by atoms with E-state index in [2.05, 4.69) is 5.32 Å². The first-order valence-corrected chi connectivity index (χ1v) is 7.77. The van der Waals surface area contributed by atoms with E-state index in [-0.39, 0.29) is 18.0 Å². The summed E-state index contributed by atoms with van der Waals surface area (Å²) >= 11 is 6.04. The summed E-state index contributed by atoms with van der Waals surface area (Å²) in [7, 11) is -3.32. The Morgan fingerprint density at radius 2 is 2.00 bits per heavy atom. The molecule has 1 aromatic carbocycles. The Hall–Kier alpha value is -0.620. The smallest absolute Gasteiger partial charge is 0.175 e. The molecule has 102 valence electrons. The fourth-order valence-electron chi connectivity index (χ4n) is 1.44. The second kappa shape index (κ2) is 5.57. The van der Waals surface area contributed by atoms with E-state index in [1.165, 1.54) is 6.07 Å². The summed E-state index contributed by atoms with van der Waals surface area (Å²) in [4.78, 5) is 0.219. The number of sulfone groups is 1. The van der Waals surface area contributed by atoms with E-state index in [0.717, 1.165) is 6.26 Å². The van der Waals surface area contributed by atoms with E-state index in [4.69, 9.17) is 16.7 Å². The molecule has 0 aliphatic heterocycles. The number of aliphatic hydroxyl groups excluding tert-OH is 1. The van der Waals surface area contributed by atoms with Gasteiger partial charge in [-0.1, -0.05) is 17.7 Å². The average molecular weight is 292 g/mol. The third kappa shape index (κ3) is 3.95. The molecule has 4 nitrogen and oxygen atoms in total. The molecule has 0 saturated carbocycles. The summed E-state index contributed by atoms with van der Waals surface area (Å²) in [6, 6.07) is 4.79. The minimum absolute atomic E-state index is 0.0499. The lowest BCUT2D eigenvalue weighted by Crippen LogP contribution is -2.42. The molecule has 1 rings (SSSR count). The zero-order chi connectivity index (χ0) is 14.0. The zero-order valence-corrected chi connectivity index (χ0v) is 12.3. The van der Waals surface area contributed by atoms with Crippen molar-refractivity contribution in [2.75, 3.05) is 12.9 Å². The first-order valence-electron chi connectivity index (χ1n) is 5.51. The van der Waals surface area contributed by atoms with Crippen molar-refractivity contribution >= 4 is 21.4 Å². The Labute approximate surface area is 113 Å². The first-order chi connectivity index (χ1) is 8.17. The highest BCUT2D eigenvalue weighted by molar-refractivity contribution is 7.90.